The van der Waals surface area contributed by atoms with Crippen molar-refractivity contribution in [1.29, 1.82) is 0 Å². The van der Waals surface area contributed by atoms with Crippen LogP contribution >= 0.6 is 0 Å². The van der Waals surface area contributed by atoms with Gasteiger partial charge in [-0.05, 0) is 39.0 Å². The zero-order valence-electron chi connectivity index (χ0n) is 11.9. The highest BCUT2D eigenvalue weighted by atomic mass is 15.2. The fourth-order valence-electron chi connectivity index (χ4n) is 2.15. The lowest BCUT2D eigenvalue weighted by Crippen LogP contribution is -2.31. The van der Waals surface area contributed by atoms with E-state index in [-0.39, 0.29) is 0 Å². The average Bonchev–Trinajstić information content (AvgIpc) is 3.18. The maximum Gasteiger partial charge on any atom is 0.224 e. The number of aromatic nitrogens is 2. The zero-order chi connectivity index (χ0) is 13.1. The molecule has 1 aliphatic rings. The molecular weight excluding hydrogens is 224 g/mol. The lowest BCUT2D eigenvalue weighted by atomic mass is 10.2. The SMILES string of the molecule is CCCNc1nc(C)cc(N(C)C(C)C2CC2)n1. The maximum absolute atomic E-state index is 4.61. The Bertz CT molecular complexity index is 401. The summed E-state index contributed by atoms with van der Waals surface area (Å²) in [7, 11) is 2.13. The quantitative estimate of drug-likeness (QED) is 0.840. The summed E-state index contributed by atoms with van der Waals surface area (Å²) in [6.45, 7) is 7.38. The molecule has 4 nitrogen and oxygen atoms in total. The minimum absolute atomic E-state index is 0.568. The molecule has 0 saturated heterocycles. The summed E-state index contributed by atoms with van der Waals surface area (Å²) in [6.07, 6.45) is 3.80. The molecule has 0 aromatic carbocycles. The molecular formula is C14H24N4. The highest BCUT2D eigenvalue weighted by Crippen LogP contribution is 2.36. The van der Waals surface area contributed by atoms with Crippen LogP contribution in [0.5, 0.6) is 0 Å². The first-order valence-electron chi connectivity index (χ1n) is 6.94. The number of anilines is 2. The van der Waals surface area contributed by atoms with Crippen molar-refractivity contribution in [2.75, 3.05) is 23.8 Å². The van der Waals surface area contributed by atoms with E-state index in [1.807, 2.05) is 6.92 Å². The molecule has 0 spiro atoms. The van der Waals surface area contributed by atoms with E-state index in [1.165, 1.54) is 12.8 Å². The standard InChI is InChI=1S/C14H24N4/c1-5-8-15-14-16-10(2)9-13(17-14)18(4)11(3)12-6-7-12/h9,11-12H,5-8H2,1-4H3,(H,15,16,17). The van der Waals surface area contributed by atoms with Crippen LogP contribution in [0.25, 0.3) is 0 Å². The van der Waals surface area contributed by atoms with E-state index in [1.54, 1.807) is 0 Å². The summed E-state index contributed by atoms with van der Waals surface area (Å²) in [5.41, 5.74) is 1.02. The first-order chi connectivity index (χ1) is 8.61. The maximum atomic E-state index is 4.61. The van der Waals surface area contributed by atoms with E-state index in [9.17, 15) is 0 Å². The summed E-state index contributed by atoms with van der Waals surface area (Å²) in [5, 5.41) is 3.27. The molecule has 1 heterocycles. The molecule has 0 amide bonds. The molecule has 18 heavy (non-hydrogen) atoms. The van der Waals surface area contributed by atoms with E-state index >= 15 is 0 Å². The van der Waals surface area contributed by atoms with Crippen molar-refractivity contribution in [2.45, 2.75) is 46.1 Å². The number of nitrogens with one attached hydrogen (secondary N) is 1. The third kappa shape index (κ3) is 3.12. The van der Waals surface area contributed by atoms with Crippen LogP contribution in [0.15, 0.2) is 6.07 Å². The van der Waals surface area contributed by atoms with E-state index in [2.05, 4.69) is 47.1 Å². The van der Waals surface area contributed by atoms with Gasteiger partial charge in [0, 0.05) is 31.4 Å². The van der Waals surface area contributed by atoms with Crippen LogP contribution in [0.2, 0.25) is 0 Å². The van der Waals surface area contributed by atoms with Crippen LogP contribution in [0.3, 0.4) is 0 Å². The molecule has 1 aromatic rings. The van der Waals surface area contributed by atoms with Gasteiger partial charge in [0.15, 0.2) is 0 Å². The monoisotopic (exact) mass is 248 g/mol. The van der Waals surface area contributed by atoms with Gasteiger partial charge >= 0.3 is 0 Å². The van der Waals surface area contributed by atoms with Crippen molar-refractivity contribution in [3.05, 3.63) is 11.8 Å². The van der Waals surface area contributed by atoms with Crippen LogP contribution < -0.4 is 10.2 Å². The highest BCUT2D eigenvalue weighted by Gasteiger charge is 2.31. The first kappa shape index (κ1) is 13.1. The topological polar surface area (TPSA) is 41.1 Å². The molecule has 0 bridgehead atoms. The second-order valence-corrected chi connectivity index (χ2v) is 5.31. The normalized spacial score (nSPS) is 16.4. The molecule has 1 aliphatic carbocycles. The Morgan fingerprint density at radius 2 is 2.17 bits per heavy atom. The highest BCUT2D eigenvalue weighted by molar-refractivity contribution is 5.45. The zero-order valence-corrected chi connectivity index (χ0v) is 11.9. The average molecular weight is 248 g/mol. The van der Waals surface area contributed by atoms with Gasteiger partial charge in [0.25, 0.3) is 0 Å². The molecule has 4 heteroatoms. The van der Waals surface area contributed by atoms with E-state index < -0.39 is 0 Å². The fraction of sp³-hybridized carbons (Fsp3) is 0.714. The van der Waals surface area contributed by atoms with Crippen molar-refractivity contribution in [2.24, 2.45) is 5.92 Å². The van der Waals surface area contributed by atoms with E-state index in [0.29, 0.717) is 6.04 Å². The summed E-state index contributed by atoms with van der Waals surface area (Å²) in [5.74, 6) is 2.62. The molecule has 1 unspecified atom stereocenters. The van der Waals surface area contributed by atoms with Crippen LogP contribution in [0, 0.1) is 12.8 Å². The number of aryl methyl sites for hydroxylation is 1. The fourth-order valence-corrected chi connectivity index (χ4v) is 2.15. The van der Waals surface area contributed by atoms with E-state index in [0.717, 1.165) is 36.3 Å². The van der Waals surface area contributed by atoms with Gasteiger partial charge in [-0.25, -0.2) is 4.98 Å². The van der Waals surface area contributed by atoms with Gasteiger partial charge in [-0.15, -0.1) is 0 Å². The molecule has 0 aliphatic heterocycles. The Balaban J connectivity index is 2.12. The smallest absolute Gasteiger partial charge is 0.224 e. The van der Waals surface area contributed by atoms with E-state index in [4.69, 9.17) is 0 Å². The summed E-state index contributed by atoms with van der Waals surface area (Å²) < 4.78 is 0. The van der Waals surface area contributed by atoms with Crippen molar-refractivity contribution >= 4 is 11.8 Å². The predicted molar refractivity (Wildman–Crippen MR) is 76.1 cm³/mol. The van der Waals surface area contributed by atoms with Gasteiger partial charge < -0.3 is 10.2 Å². The molecule has 0 radical (unpaired) electrons. The van der Waals surface area contributed by atoms with Crippen LogP contribution in [0.1, 0.15) is 38.8 Å². The minimum Gasteiger partial charge on any atom is -0.357 e. The summed E-state index contributed by atoms with van der Waals surface area (Å²) >= 11 is 0. The summed E-state index contributed by atoms with van der Waals surface area (Å²) in [6, 6.07) is 2.63. The first-order valence-corrected chi connectivity index (χ1v) is 6.94. The molecule has 2 rings (SSSR count). The summed E-state index contributed by atoms with van der Waals surface area (Å²) in [4.78, 5) is 11.3. The van der Waals surface area contributed by atoms with Gasteiger partial charge in [0.1, 0.15) is 5.82 Å². The van der Waals surface area contributed by atoms with Crippen LogP contribution in [0.4, 0.5) is 11.8 Å². The number of hydrogen-bond donors (Lipinski definition) is 1. The van der Waals surface area contributed by atoms with Crippen molar-refractivity contribution in [1.82, 2.24) is 9.97 Å². The Labute approximate surface area is 110 Å². The number of hydrogen-bond acceptors (Lipinski definition) is 4. The van der Waals surface area contributed by atoms with Crippen molar-refractivity contribution in [3.63, 3.8) is 0 Å². The molecule has 1 aromatic heterocycles. The second-order valence-electron chi connectivity index (χ2n) is 5.31. The third-order valence-corrected chi connectivity index (χ3v) is 3.65. The largest absolute Gasteiger partial charge is 0.357 e. The number of nitrogens with zero attached hydrogens (tertiary/aromatic N) is 3. The molecule has 100 valence electrons. The molecule has 1 saturated carbocycles. The lowest BCUT2D eigenvalue weighted by Gasteiger charge is -2.26. The van der Waals surface area contributed by atoms with Gasteiger partial charge in [-0.3, -0.25) is 0 Å². The van der Waals surface area contributed by atoms with Gasteiger partial charge in [-0.2, -0.15) is 4.98 Å². The third-order valence-electron chi connectivity index (χ3n) is 3.65. The Morgan fingerprint density at radius 3 is 2.78 bits per heavy atom. The molecule has 1 atom stereocenters. The predicted octanol–water partition coefficient (Wildman–Crippen LogP) is 2.84. The van der Waals surface area contributed by atoms with Crippen molar-refractivity contribution < 1.29 is 0 Å². The minimum atomic E-state index is 0.568. The second kappa shape index (κ2) is 5.55. The lowest BCUT2D eigenvalue weighted by molar-refractivity contribution is 0.603. The Morgan fingerprint density at radius 1 is 1.44 bits per heavy atom. The van der Waals surface area contributed by atoms with Gasteiger partial charge in [0.05, 0.1) is 0 Å². The Kier molecular flexibility index (Phi) is 4.04. The van der Waals surface area contributed by atoms with Gasteiger partial charge in [0.2, 0.25) is 5.95 Å². The van der Waals surface area contributed by atoms with Crippen LogP contribution in [-0.4, -0.2) is 29.6 Å². The molecule has 1 N–H and O–H groups in total. The van der Waals surface area contributed by atoms with Crippen molar-refractivity contribution in [3.8, 4) is 0 Å². The Hall–Kier alpha value is -1.32. The van der Waals surface area contributed by atoms with Gasteiger partial charge in [-0.1, -0.05) is 6.92 Å². The molecule has 1 fully saturated rings. The number of rotatable bonds is 6. The van der Waals surface area contributed by atoms with Crippen LogP contribution in [-0.2, 0) is 0 Å².